The Morgan fingerprint density at radius 3 is 2.14 bits per heavy atom. The number of ether oxygens (including phenoxy) is 1. The van der Waals surface area contributed by atoms with Crippen LogP contribution in [0.25, 0.3) is 0 Å². The fourth-order valence-corrected chi connectivity index (χ4v) is 2.92. The number of aromatic nitrogens is 2. The Morgan fingerprint density at radius 1 is 1.04 bits per heavy atom. The van der Waals surface area contributed by atoms with Gasteiger partial charge in [-0.15, -0.1) is 4.73 Å². The van der Waals surface area contributed by atoms with Crippen molar-refractivity contribution >= 4 is 6.16 Å². The number of carbonyl (C=O) groups is 1. The summed E-state index contributed by atoms with van der Waals surface area (Å²) in [6.07, 6.45) is 13.3. The summed E-state index contributed by atoms with van der Waals surface area (Å²) >= 11 is 0. The molecule has 0 saturated heterocycles. The van der Waals surface area contributed by atoms with Crippen molar-refractivity contribution in [1.29, 1.82) is 0 Å². The van der Waals surface area contributed by atoms with Crippen LogP contribution in [0.5, 0.6) is 0 Å². The first-order valence-electron chi connectivity index (χ1n) is 10.3. The van der Waals surface area contributed by atoms with Crippen molar-refractivity contribution < 1.29 is 18.8 Å². The lowest BCUT2D eigenvalue weighted by atomic mass is 10.0. The molecule has 0 aliphatic rings. The van der Waals surface area contributed by atoms with Gasteiger partial charge in [0.2, 0.25) is 5.82 Å². The average Bonchev–Trinajstić information content (AvgIpc) is 2.64. The number of nitrogens with one attached hydrogen (secondary N) is 1. The number of hydrogen-bond acceptors (Lipinski definition) is 5. The smallest absolute Gasteiger partial charge is 0.430 e. The van der Waals surface area contributed by atoms with E-state index in [1.165, 1.54) is 51.4 Å². The van der Waals surface area contributed by atoms with Crippen LogP contribution in [0.1, 0.15) is 90.9 Å². The van der Waals surface area contributed by atoms with E-state index in [2.05, 4.69) is 11.8 Å². The predicted octanol–water partition coefficient (Wildman–Crippen LogP) is 4.33. The van der Waals surface area contributed by atoms with E-state index >= 15 is 0 Å². The molecule has 1 N–H and O–H groups in total. The highest BCUT2D eigenvalue weighted by molar-refractivity contribution is 5.60. The van der Waals surface area contributed by atoms with E-state index in [9.17, 15) is 18.8 Å². The van der Waals surface area contributed by atoms with Crippen molar-refractivity contribution in [3.05, 3.63) is 32.9 Å². The Morgan fingerprint density at radius 2 is 1.57 bits per heavy atom. The highest BCUT2D eigenvalue weighted by atomic mass is 19.1. The summed E-state index contributed by atoms with van der Waals surface area (Å²) in [7, 11) is 0. The van der Waals surface area contributed by atoms with Gasteiger partial charge in [-0.25, -0.2) is 9.59 Å². The maximum Gasteiger partial charge on any atom is 0.534 e. The Balaban J connectivity index is 2.09. The molecule has 160 valence electrons. The van der Waals surface area contributed by atoms with Gasteiger partial charge >= 0.3 is 11.8 Å². The van der Waals surface area contributed by atoms with E-state index in [0.717, 1.165) is 19.3 Å². The largest absolute Gasteiger partial charge is 0.534 e. The lowest BCUT2D eigenvalue weighted by Crippen LogP contribution is -2.38. The third kappa shape index (κ3) is 10.3. The second-order valence-corrected chi connectivity index (χ2v) is 7.16. The molecule has 1 aromatic rings. The van der Waals surface area contributed by atoms with Crippen LogP contribution in [0.15, 0.2) is 15.8 Å². The summed E-state index contributed by atoms with van der Waals surface area (Å²) in [6.45, 7) is 3.96. The summed E-state index contributed by atoms with van der Waals surface area (Å²) in [5.74, 6) is -1.23. The fourth-order valence-electron chi connectivity index (χ4n) is 2.92. The second-order valence-electron chi connectivity index (χ2n) is 7.16. The standard InChI is InChI=1S/C20H33FN2O5/c1-3-4-5-6-7-8-9-10-11-12-13-14-16(2)27-20(26)28-23-15-17(21)18(24)22-19(23)25/h15-16H,3-14H2,1-2H3,(H,22,24,25). The van der Waals surface area contributed by atoms with Crippen LogP contribution in [0.4, 0.5) is 9.18 Å². The van der Waals surface area contributed by atoms with E-state index < -0.39 is 23.2 Å². The molecule has 0 amide bonds. The lowest BCUT2D eigenvalue weighted by molar-refractivity contribution is 0.0165. The van der Waals surface area contributed by atoms with Crippen LogP contribution in [-0.2, 0) is 4.74 Å². The predicted molar refractivity (Wildman–Crippen MR) is 105 cm³/mol. The van der Waals surface area contributed by atoms with Gasteiger partial charge in [-0.05, 0) is 19.8 Å². The zero-order valence-corrected chi connectivity index (χ0v) is 17.0. The minimum absolute atomic E-state index is 0.300. The molecule has 1 rings (SSSR count). The molecule has 1 atom stereocenters. The van der Waals surface area contributed by atoms with E-state index in [1.807, 2.05) is 0 Å². The lowest BCUT2D eigenvalue weighted by Gasteiger charge is -2.13. The first-order chi connectivity index (χ1) is 13.4. The maximum atomic E-state index is 13.1. The van der Waals surface area contributed by atoms with Gasteiger partial charge in [-0.2, -0.15) is 4.39 Å². The SMILES string of the molecule is CCCCCCCCCCCCCC(C)OC(=O)On1cc(F)c(=O)[nH]c1=O. The number of aromatic amines is 1. The number of H-pyrrole nitrogens is 1. The molecule has 1 unspecified atom stereocenters. The number of carbonyl (C=O) groups excluding carboxylic acids is 1. The van der Waals surface area contributed by atoms with Crippen molar-refractivity contribution in [1.82, 2.24) is 9.71 Å². The molecule has 1 heterocycles. The second kappa shape index (κ2) is 14.0. The molecule has 0 aromatic carbocycles. The van der Waals surface area contributed by atoms with Crippen molar-refractivity contribution in [2.75, 3.05) is 0 Å². The van der Waals surface area contributed by atoms with Gasteiger partial charge in [0.05, 0.1) is 6.20 Å². The first-order valence-corrected chi connectivity index (χ1v) is 10.3. The van der Waals surface area contributed by atoms with Crippen LogP contribution >= 0.6 is 0 Å². The van der Waals surface area contributed by atoms with Crippen molar-refractivity contribution in [3.63, 3.8) is 0 Å². The normalized spacial score (nSPS) is 12.0. The summed E-state index contributed by atoms with van der Waals surface area (Å²) in [5, 5.41) is 0. The highest BCUT2D eigenvalue weighted by Crippen LogP contribution is 2.13. The number of nitrogens with zero attached hydrogens (tertiary/aromatic N) is 1. The van der Waals surface area contributed by atoms with Crippen LogP contribution in [0.3, 0.4) is 0 Å². The Labute approximate surface area is 165 Å². The Kier molecular flexibility index (Phi) is 11.9. The van der Waals surface area contributed by atoms with Crippen molar-refractivity contribution in [2.24, 2.45) is 0 Å². The highest BCUT2D eigenvalue weighted by Gasteiger charge is 2.14. The van der Waals surface area contributed by atoms with Crippen LogP contribution in [-0.4, -0.2) is 22.0 Å². The van der Waals surface area contributed by atoms with Gasteiger partial charge < -0.3 is 4.74 Å². The van der Waals surface area contributed by atoms with Gasteiger partial charge in [0.25, 0.3) is 5.56 Å². The Bertz CT molecular complexity index is 686. The Hall–Kier alpha value is -2.12. The van der Waals surface area contributed by atoms with Gasteiger partial charge in [0.15, 0.2) is 0 Å². The molecule has 1 aromatic heterocycles. The molecule has 8 heteroatoms. The molecule has 0 saturated carbocycles. The average molecular weight is 400 g/mol. The summed E-state index contributed by atoms with van der Waals surface area (Å²) in [5.41, 5.74) is -2.23. The number of unbranched alkanes of at least 4 members (excludes halogenated alkanes) is 10. The molecule has 0 bridgehead atoms. The monoisotopic (exact) mass is 400 g/mol. The summed E-state index contributed by atoms with van der Waals surface area (Å²) < 4.78 is 18.5. The zero-order valence-electron chi connectivity index (χ0n) is 17.0. The summed E-state index contributed by atoms with van der Waals surface area (Å²) in [4.78, 5) is 40.3. The molecule has 0 radical (unpaired) electrons. The molecule has 0 fully saturated rings. The molecule has 0 aliphatic carbocycles. The number of halogens is 1. The van der Waals surface area contributed by atoms with E-state index in [-0.39, 0.29) is 6.10 Å². The van der Waals surface area contributed by atoms with E-state index in [1.54, 1.807) is 11.9 Å². The van der Waals surface area contributed by atoms with Crippen molar-refractivity contribution in [2.45, 2.75) is 97.0 Å². The van der Waals surface area contributed by atoms with Crippen molar-refractivity contribution in [3.8, 4) is 0 Å². The summed E-state index contributed by atoms with van der Waals surface area (Å²) in [6, 6.07) is 0. The minimum atomic E-state index is -1.23. The first kappa shape index (κ1) is 23.9. The molecule has 0 spiro atoms. The van der Waals surface area contributed by atoms with E-state index in [0.29, 0.717) is 17.3 Å². The van der Waals surface area contributed by atoms with Crippen LogP contribution < -0.4 is 16.1 Å². The zero-order chi connectivity index (χ0) is 20.8. The molecule has 28 heavy (non-hydrogen) atoms. The van der Waals surface area contributed by atoms with Gasteiger partial charge in [-0.1, -0.05) is 71.1 Å². The quantitative estimate of drug-likeness (QED) is 0.371. The van der Waals surface area contributed by atoms with Crippen LogP contribution in [0, 0.1) is 5.82 Å². The van der Waals surface area contributed by atoms with Gasteiger partial charge in [0, 0.05) is 0 Å². The minimum Gasteiger partial charge on any atom is -0.430 e. The third-order valence-corrected chi connectivity index (χ3v) is 4.55. The molecular weight excluding hydrogens is 367 g/mol. The van der Waals surface area contributed by atoms with Gasteiger partial charge in [0.1, 0.15) is 6.10 Å². The number of hydrogen-bond donors (Lipinski definition) is 1. The maximum absolute atomic E-state index is 13.1. The van der Waals surface area contributed by atoms with E-state index in [4.69, 9.17) is 4.74 Å². The third-order valence-electron chi connectivity index (χ3n) is 4.55. The molecular formula is C20H33FN2O5. The fraction of sp³-hybridized carbons (Fsp3) is 0.750. The van der Waals surface area contributed by atoms with Gasteiger partial charge in [-0.3, -0.25) is 14.6 Å². The molecule has 7 nitrogen and oxygen atoms in total. The number of rotatable bonds is 14. The van der Waals surface area contributed by atoms with Crippen LogP contribution in [0.2, 0.25) is 0 Å². The molecule has 0 aliphatic heterocycles. The topological polar surface area (TPSA) is 90.4 Å².